The van der Waals surface area contributed by atoms with Crippen LogP contribution in [0.25, 0.3) is 21.8 Å². The molecule has 0 unspecified atom stereocenters. The van der Waals surface area contributed by atoms with Crippen molar-refractivity contribution in [2.24, 2.45) is 0 Å². The minimum atomic E-state index is 0.304. The van der Waals surface area contributed by atoms with Crippen molar-refractivity contribution in [3.63, 3.8) is 0 Å². The second-order valence-electron chi connectivity index (χ2n) is 8.81. The Morgan fingerprint density at radius 3 is 1.89 bits per heavy atom. The molecule has 0 saturated carbocycles. The molecule has 6 nitrogen and oxygen atoms in total. The summed E-state index contributed by atoms with van der Waals surface area (Å²) in [6, 6.07) is 15.6. The van der Waals surface area contributed by atoms with E-state index in [1.54, 1.807) is 18.5 Å². The van der Waals surface area contributed by atoms with E-state index in [0.29, 0.717) is 6.61 Å². The molecule has 4 aromatic rings. The number of nitrogens with zero attached hydrogens (tertiary/aromatic N) is 4. The van der Waals surface area contributed by atoms with Gasteiger partial charge >= 0.3 is 0 Å². The normalized spacial score (nSPS) is 10.8. The summed E-state index contributed by atoms with van der Waals surface area (Å²) in [5.74, 6) is 0.903. The minimum Gasteiger partial charge on any atom is -0.493 e. The fourth-order valence-electron chi connectivity index (χ4n) is 3.25. The summed E-state index contributed by atoms with van der Waals surface area (Å²) in [4.78, 5) is 12.7. The summed E-state index contributed by atoms with van der Waals surface area (Å²) in [5, 5.41) is 11.1. The van der Waals surface area contributed by atoms with Crippen LogP contribution >= 0.6 is 43.5 Å². The summed E-state index contributed by atoms with van der Waals surface area (Å²) in [6.07, 6.45) is 5.40. The van der Waals surface area contributed by atoms with Crippen molar-refractivity contribution in [2.45, 2.75) is 12.8 Å². The smallest absolute Gasteiger partial charge is 0.130 e. The lowest BCUT2D eigenvalue weighted by Gasteiger charge is -2.11. The molecular weight excluding hydrogens is 620 g/mol. The van der Waals surface area contributed by atoms with Crippen molar-refractivity contribution in [3.8, 4) is 5.75 Å². The number of benzene rings is 2. The summed E-state index contributed by atoms with van der Waals surface area (Å²) in [7, 11) is 8.13. The molecule has 0 aliphatic carbocycles. The largest absolute Gasteiger partial charge is 0.493 e. The predicted octanol–water partition coefficient (Wildman–Crippen LogP) is 6.91. The zero-order valence-corrected chi connectivity index (χ0v) is 25.7. The fraction of sp³-hybridized carbons (Fsp3) is 0.357. The van der Waals surface area contributed by atoms with Crippen LogP contribution in [-0.2, 0) is 0 Å². The highest BCUT2D eigenvalue weighted by molar-refractivity contribution is 9.10. The number of hydrogen-bond acceptors (Lipinski definition) is 6. The van der Waals surface area contributed by atoms with Crippen molar-refractivity contribution in [3.05, 3.63) is 74.9 Å². The number of aliphatic hydroxyl groups is 1. The van der Waals surface area contributed by atoms with Crippen molar-refractivity contribution in [2.75, 3.05) is 54.5 Å². The van der Waals surface area contributed by atoms with Gasteiger partial charge in [-0.05, 0) is 96.1 Å². The fourth-order valence-corrected chi connectivity index (χ4v) is 4.18. The van der Waals surface area contributed by atoms with E-state index in [1.165, 1.54) is 0 Å². The number of pyridine rings is 2. The average Bonchev–Trinajstić information content (AvgIpc) is 2.87. The summed E-state index contributed by atoms with van der Waals surface area (Å²) >= 11 is 12.8. The number of rotatable bonds is 8. The Labute approximate surface area is 241 Å². The Bertz CT molecular complexity index is 1240. The topological polar surface area (TPSA) is 61.7 Å². The van der Waals surface area contributed by atoms with Gasteiger partial charge in [-0.25, -0.2) is 0 Å². The second kappa shape index (κ2) is 16.9. The van der Waals surface area contributed by atoms with Gasteiger partial charge in [0.05, 0.1) is 22.7 Å². The van der Waals surface area contributed by atoms with Gasteiger partial charge in [0.2, 0.25) is 0 Å². The molecule has 0 amide bonds. The van der Waals surface area contributed by atoms with Gasteiger partial charge in [0, 0.05) is 45.3 Å². The number of aromatic nitrogens is 2. The van der Waals surface area contributed by atoms with Gasteiger partial charge in [0.1, 0.15) is 5.75 Å². The number of aliphatic hydroxyl groups excluding tert-OH is 1. The predicted molar refractivity (Wildman–Crippen MR) is 163 cm³/mol. The van der Waals surface area contributed by atoms with E-state index in [0.717, 1.165) is 74.1 Å². The lowest BCUT2D eigenvalue weighted by molar-refractivity contribution is 0.263. The molecule has 0 aliphatic heterocycles. The summed E-state index contributed by atoms with van der Waals surface area (Å²) in [6.45, 7) is 3.05. The van der Waals surface area contributed by atoms with Gasteiger partial charge in [-0.15, -0.1) is 0 Å². The third kappa shape index (κ3) is 11.6. The SMILES string of the molecule is CN(C)CCCO.CN(C)CCCOc1ccnc2ccc(Br)cc12.Clc1ccnc2ccc(Br)cc12. The van der Waals surface area contributed by atoms with Crippen LogP contribution in [0.3, 0.4) is 0 Å². The van der Waals surface area contributed by atoms with Gasteiger partial charge in [0.15, 0.2) is 0 Å². The van der Waals surface area contributed by atoms with Crippen LogP contribution in [0.5, 0.6) is 5.75 Å². The first kappa shape index (κ1) is 31.4. The van der Waals surface area contributed by atoms with Crippen LogP contribution in [0.15, 0.2) is 69.9 Å². The molecule has 2 aromatic heterocycles. The molecule has 200 valence electrons. The zero-order chi connectivity index (χ0) is 27.2. The first-order valence-electron chi connectivity index (χ1n) is 12.0. The average molecular weight is 655 g/mol. The lowest BCUT2D eigenvalue weighted by Crippen LogP contribution is -2.15. The molecule has 2 aromatic carbocycles. The van der Waals surface area contributed by atoms with E-state index >= 15 is 0 Å². The molecule has 0 saturated heterocycles. The molecule has 37 heavy (non-hydrogen) atoms. The van der Waals surface area contributed by atoms with E-state index in [2.05, 4.69) is 65.7 Å². The Kier molecular flexibility index (Phi) is 14.4. The molecule has 0 fully saturated rings. The van der Waals surface area contributed by atoms with E-state index in [4.69, 9.17) is 21.4 Å². The van der Waals surface area contributed by atoms with E-state index in [1.807, 2.05) is 56.6 Å². The maximum atomic E-state index is 8.29. The number of halogens is 3. The molecule has 2 heterocycles. The van der Waals surface area contributed by atoms with E-state index in [9.17, 15) is 0 Å². The Morgan fingerprint density at radius 1 is 0.784 bits per heavy atom. The highest BCUT2D eigenvalue weighted by atomic mass is 79.9. The Morgan fingerprint density at radius 2 is 1.32 bits per heavy atom. The molecule has 1 N–H and O–H groups in total. The quantitative estimate of drug-likeness (QED) is 0.209. The highest BCUT2D eigenvalue weighted by Crippen LogP contribution is 2.27. The Balaban J connectivity index is 0.000000218. The van der Waals surface area contributed by atoms with Crippen molar-refractivity contribution >= 4 is 65.3 Å². The summed E-state index contributed by atoms with van der Waals surface area (Å²) in [5.41, 5.74) is 1.88. The van der Waals surface area contributed by atoms with Gasteiger partial charge < -0.3 is 19.6 Å². The maximum absolute atomic E-state index is 8.29. The van der Waals surface area contributed by atoms with Crippen LogP contribution in [0, 0.1) is 0 Å². The molecule has 0 spiro atoms. The Hall–Kier alpha value is -1.81. The maximum Gasteiger partial charge on any atom is 0.130 e. The van der Waals surface area contributed by atoms with Gasteiger partial charge in [-0.2, -0.15) is 0 Å². The molecule has 0 radical (unpaired) electrons. The van der Waals surface area contributed by atoms with Crippen LogP contribution in [0.1, 0.15) is 12.8 Å². The first-order valence-corrected chi connectivity index (χ1v) is 13.9. The number of hydrogen-bond donors (Lipinski definition) is 1. The standard InChI is InChI=1S/C14H17BrN2O.C9H5BrClN.C5H13NO/c1-17(2)8-3-9-18-14-6-7-16-13-5-4-11(15)10-12(13)14;10-6-1-2-9-7(5-6)8(11)3-4-12-9;1-6(2)4-3-5-7/h4-7,10H,3,8-9H2,1-2H3;1-5H;7H,3-5H2,1-2H3. The van der Waals surface area contributed by atoms with Crippen LogP contribution < -0.4 is 4.74 Å². The van der Waals surface area contributed by atoms with E-state index < -0.39 is 0 Å². The monoisotopic (exact) mass is 652 g/mol. The van der Waals surface area contributed by atoms with E-state index in [-0.39, 0.29) is 0 Å². The first-order chi connectivity index (χ1) is 17.7. The van der Waals surface area contributed by atoms with Gasteiger partial charge in [-0.3, -0.25) is 9.97 Å². The minimum absolute atomic E-state index is 0.304. The van der Waals surface area contributed by atoms with Gasteiger partial charge in [-0.1, -0.05) is 43.5 Å². The molecule has 4 rings (SSSR count). The molecule has 9 heteroatoms. The molecular formula is C28H35Br2ClN4O2. The highest BCUT2D eigenvalue weighted by Gasteiger charge is 2.04. The molecule has 0 aliphatic rings. The van der Waals surface area contributed by atoms with Gasteiger partial charge in [0.25, 0.3) is 0 Å². The van der Waals surface area contributed by atoms with Crippen LogP contribution in [0.4, 0.5) is 0 Å². The lowest BCUT2D eigenvalue weighted by atomic mass is 10.2. The third-order valence-corrected chi connectivity index (χ3v) is 6.40. The third-order valence-electron chi connectivity index (χ3n) is 5.08. The number of ether oxygens (including phenoxy) is 1. The molecule has 0 bridgehead atoms. The van der Waals surface area contributed by atoms with Crippen LogP contribution in [-0.4, -0.2) is 79.4 Å². The second-order valence-corrected chi connectivity index (χ2v) is 11.0. The summed E-state index contributed by atoms with van der Waals surface area (Å²) < 4.78 is 7.90. The molecule has 0 atom stereocenters. The number of fused-ring (bicyclic) bond motifs is 2. The van der Waals surface area contributed by atoms with Crippen molar-refractivity contribution in [1.82, 2.24) is 19.8 Å². The van der Waals surface area contributed by atoms with Crippen molar-refractivity contribution < 1.29 is 9.84 Å². The zero-order valence-electron chi connectivity index (χ0n) is 21.8. The van der Waals surface area contributed by atoms with Crippen LogP contribution in [0.2, 0.25) is 5.02 Å². The van der Waals surface area contributed by atoms with Crippen molar-refractivity contribution in [1.29, 1.82) is 0 Å².